The molecule has 32 heavy (non-hydrogen) atoms. The van der Waals surface area contributed by atoms with Gasteiger partial charge in [-0.1, -0.05) is 36.4 Å². The number of aromatic nitrogens is 2. The molecule has 0 radical (unpaired) electrons. The Kier molecular flexibility index (Phi) is 6.24. The van der Waals surface area contributed by atoms with Crippen LogP contribution in [0.25, 0.3) is 4.85 Å². The molecule has 1 saturated heterocycles. The van der Waals surface area contributed by atoms with E-state index in [9.17, 15) is 4.79 Å². The molecule has 7 heteroatoms. The second-order valence-corrected chi connectivity index (χ2v) is 8.51. The largest absolute Gasteiger partial charge is 0.371 e. The summed E-state index contributed by atoms with van der Waals surface area (Å²) in [7, 11) is 0. The van der Waals surface area contributed by atoms with Crippen molar-refractivity contribution < 1.29 is 4.79 Å². The topological polar surface area (TPSA) is 80.5 Å². The molecule has 1 fully saturated rings. The van der Waals surface area contributed by atoms with Crippen molar-refractivity contribution in [2.45, 2.75) is 38.4 Å². The Hall–Kier alpha value is -3.63. The number of carbonyl (C=O) groups is 1. The number of primary amides is 1. The van der Waals surface area contributed by atoms with Gasteiger partial charge in [-0.05, 0) is 43.0 Å². The maximum absolute atomic E-state index is 12.4. The van der Waals surface area contributed by atoms with Crippen LogP contribution in [0.4, 0.5) is 11.4 Å². The normalized spacial score (nSPS) is 15.8. The first-order valence-electron chi connectivity index (χ1n) is 10.8. The zero-order valence-electron chi connectivity index (χ0n) is 18.3. The summed E-state index contributed by atoms with van der Waals surface area (Å²) in [6, 6.07) is 15.7. The highest BCUT2D eigenvalue weighted by Crippen LogP contribution is 2.28. The highest BCUT2D eigenvalue weighted by atomic mass is 16.1. The number of rotatable bonds is 7. The fourth-order valence-electron chi connectivity index (χ4n) is 4.25. The number of aryl methyl sites for hydroxylation is 1. The number of likely N-dealkylation sites (tertiary alicyclic amines) is 1. The van der Waals surface area contributed by atoms with Crippen LogP contribution in [-0.2, 0) is 17.9 Å². The minimum absolute atomic E-state index is 0.299. The van der Waals surface area contributed by atoms with Crippen molar-refractivity contribution in [3.8, 4) is 0 Å². The van der Waals surface area contributed by atoms with E-state index in [1.165, 1.54) is 0 Å². The molecular formula is C25H28N6O. The van der Waals surface area contributed by atoms with Gasteiger partial charge in [0.15, 0.2) is 5.69 Å². The molecule has 2 aromatic carbocycles. The van der Waals surface area contributed by atoms with Gasteiger partial charge in [-0.15, -0.1) is 0 Å². The SMILES string of the molecule is [C-]#[N+]c1ccc(Cn2cncc2CN2CCC(Nc3cccc(C)c3)(C(N)=O)CC2)cc1. The van der Waals surface area contributed by atoms with E-state index >= 15 is 0 Å². The van der Waals surface area contributed by atoms with Crippen molar-refractivity contribution >= 4 is 17.3 Å². The smallest absolute Gasteiger partial charge is 0.243 e. The summed E-state index contributed by atoms with van der Waals surface area (Å²) in [6.07, 6.45) is 5.05. The molecule has 0 bridgehead atoms. The molecule has 0 atom stereocenters. The number of hydrogen-bond acceptors (Lipinski definition) is 4. The predicted molar refractivity (Wildman–Crippen MR) is 125 cm³/mol. The van der Waals surface area contributed by atoms with Crippen molar-refractivity contribution in [1.82, 2.24) is 14.5 Å². The fourth-order valence-corrected chi connectivity index (χ4v) is 4.25. The van der Waals surface area contributed by atoms with Crippen molar-refractivity contribution in [3.05, 3.63) is 89.3 Å². The van der Waals surface area contributed by atoms with Gasteiger partial charge < -0.3 is 15.6 Å². The van der Waals surface area contributed by atoms with Crippen molar-refractivity contribution in [2.24, 2.45) is 5.73 Å². The summed E-state index contributed by atoms with van der Waals surface area (Å²) in [6.45, 7) is 12.1. The van der Waals surface area contributed by atoms with E-state index in [0.29, 0.717) is 25.1 Å². The van der Waals surface area contributed by atoms with E-state index in [2.05, 4.69) is 24.6 Å². The maximum Gasteiger partial charge on any atom is 0.243 e. The summed E-state index contributed by atoms with van der Waals surface area (Å²) < 4.78 is 2.13. The summed E-state index contributed by atoms with van der Waals surface area (Å²) in [4.78, 5) is 22.5. The summed E-state index contributed by atoms with van der Waals surface area (Å²) in [5.41, 5.74) is 10.1. The lowest BCUT2D eigenvalue weighted by Gasteiger charge is -2.40. The average Bonchev–Trinajstić information content (AvgIpc) is 3.22. The van der Waals surface area contributed by atoms with E-state index in [4.69, 9.17) is 12.3 Å². The number of benzene rings is 2. The van der Waals surface area contributed by atoms with Crippen LogP contribution >= 0.6 is 0 Å². The fraction of sp³-hybridized carbons (Fsp3) is 0.320. The Labute approximate surface area is 188 Å². The van der Waals surface area contributed by atoms with Gasteiger partial charge in [0.2, 0.25) is 5.91 Å². The highest BCUT2D eigenvalue weighted by Gasteiger charge is 2.40. The number of amides is 1. The van der Waals surface area contributed by atoms with Crippen LogP contribution in [0.5, 0.6) is 0 Å². The molecule has 3 aromatic rings. The number of nitrogens with one attached hydrogen (secondary N) is 1. The van der Waals surface area contributed by atoms with Crippen LogP contribution in [0.1, 0.15) is 29.7 Å². The number of imidazole rings is 1. The standard InChI is InChI=1S/C25H28N6O/c1-19-4-3-5-22(14-19)29-25(24(26)32)10-12-30(13-11-25)17-23-15-28-18-31(23)16-20-6-8-21(27-2)9-7-20/h3-9,14-15,18,29H,10-13,16-17H2,1H3,(H2,26,32). The number of hydrogen-bond donors (Lipinski definition) is 2. The van der Waals surface area contributed by atoms with Gasteiger partial charge in [0.25, 0.3) is 0 Å². The number of anilines is 1. The minimum Gasteiger partial charge on any atom is -0.371 e. The Morgan fingerprint density at radius 2 is 1.94 bits per heavy atom. The molecule has 1 aliphatic heterocycles. The molecule has 0 spiro atoms. The molecule has 7 nitrogen and oxygen atoms in total. The summed E-state index contributed by atoms with van der Waals surface area (Å²) >= 11 is 0. The summed E-state index contributed by atoms with van der Waals surface area (Å²) in [5, 5.41) is 3.43. The van der Waals surface area contributed by atoms with E-state index < -0.39 is 5.54 Å². The third-order valence-electron chi connectivity index (χ3n) is 6.19. The zero-order chi connectivity index (χ0) is 22.6. The second-order valence-electron chi connectivity index (χ2n) is 8.51. The third-order valence-corrected chi connectivity index (χ3v) is 6.19. The molecular weight excluding hydrogens is 400 g/mol. The van der Waals surface area contributed by atoms with Gasteiger partial charge >= 0.3 is 0 Å². The summed E-state index contributed by atoms with van der Waals surface area (Å²) in [5.74, 6) is -0.299. The van der Waals surface area contributed by atoms with Crippen LogP contribution < -0.4 is 11.1 Å². The van der Waals surface area contributed by atoms with E-state index in [0.717, 1.165) is 42.1 Å². The molecule has 3 N–H and O–H groups in total. The molecule has 0 saturated carbocycles. The first-order valence-corrected chi connectivity index (χ1v) is 10.8. The Morgan fingerprint density at radius 3 is 2.59 bits per heavy atom. The van der Waals surface area contributed by atoms with Crippen molar-refractivity contribution in [1.29, 1.82) is 0 Å². The van der Waals surface area contributed by atoms with E-state index in [1.807, 2.05) is 68.0 Å². The molecule has 0 aliphatic carbocycles. The number of carbonyl (C=O) groups excluding carboxylic acids is 1. The molecule has 164 valence electrons. The zero-order valence-corrected chi connectivity index (χ0v) is 18.3. The molecule has 1 aromatic heterocycles. The van der Waals surface area contributed by atoms with Gasteiger partial charge in [-0.2, -0.15) is 0 Å². The molecule has 1 aliphatic rings. The molecule has 2 heterocycles. The quantitative estimate of drug-likeness (QED) is 0.562. The molecule has 1 amide bonds. The van der Waals surface area contributed by atoms with Crippen molar-refractivity contribution in [3.63, 3.8) is 0 Å². The van der Waals surface area contributed by atoms with Crippen molar-refractivity contribution in [2.75, 3.05) is 18.4 Å². The highest BCUT2D eigenvalue weighted by molar-refractivity contribution is 5.88. The Bertz CT molecular complexity index is 1120. The van der Waals surface area contributed by atoms with Crippen LogP contribution in [0.3, 0.4) is 0 Å². The minimum atomic E-state index is -0.727. The first kappa shape index (κ1) is 21.6. The number of nitrogens with two attached hydrogens (primary N) is 1. The lowest BCUT2D eigenvalue weighted by atomic mass is 9.86. The lowest BCUT2D eigenvalue weighted by molar-refractivity contribution is -0.123. The van der Waals surface area contributed by atoms with E-state index in [-0.39, 0.29) is 5.91 Å². The first-order chi connectivity index (χ1) is 15.5. The molecule has 0 unspecified atom stereocenters. The van der Waals surface area contributed by atoms with Crippen LogP contribution in [-0.4, -0.2) is 39.0 Å². The van der Waals surface area contributed by atoms with Crippen LogP contribution in [0, 0.1) is 13.5 Å². The maximum atomic E-state index is 12.4. The van der Waals surface area contributed by atoms with Crippen LogP contribution in [0.2, 0.25) is 0 Å². The third kappa shape index (κ3) is 4.82. The van der Waals surface area contributed by atoms with Gasteiger partial charge in [0.1, 0.15) is 5.54 Å². The van der Waals surface area contributed by atoms with Gasteiger partial charge in [0.05, 0.1) is 18.6 Å². The van der Waals surface area contributed by atoms with Gasteiger partial charge in [-0.25, -0.2) is 9.83 Å². The lowest BCUT2D eigenvalue weighted by Crippen LogP contribution is -2.57. The predicted octanol–water partition coefficient (Wildman–Crippen LogP) is 3.72. The molecule has 4 rings (SSSR count). The average molecular weight is 429 g/mol. The number of nitrogens with zero attached hydrogens (tertiary/aromatic N) is 4. The number of piperidine rings is 1. The monoisotopic (exact) mass is 428 g/mol. The van der Waals surface area contributed by atoms with Crippen LogP contribution in [0.15, 0.2) is 61.1 Å². The van der Waals surface area contributed by atoms with Gasteiger partial charge in [-0.3, -0.25) is 9.69 Å². The Balaban J connectivity index is 1.40. The van der Waals surface area contributed by atoms with Gasteiger partial charge in [0, 0.05) is 38.1 Å². The van der Waals surface area contributed by atoms with E-state index in [1.54, 1.807) is 0 Å². The second kappa shape index (κ2) is 9.25. The Morgan fingerprint density at radius 1 is 1.19 bits per heavy atom.